The van der Waals surface area contributed by atoms with Gasteiger partial charge in [0.1, 0.15) is 11.5 Å². The Labute approximate surface area is 127 Å². The van der Waals surface area contributed by atoms with E-state index in [1.807, 2.05) is 24.3 Å². The zero-order chi connectivity index (χ0) is 15.3. The molecule has 0 aliphatic heterocycles. The molecule has 0 bridgehead atoms. The number of rotatable bonds is 6. The quantitative estimate of drug-likeness (QED) is 0.765. The fourth-order valence-corrected chi connectivity index (χ4v) is 2.35. The summed E-state index contributed by atoms with van der Waals surface area (Å²) in [5.41, 5.74) is 2.31. The van der Waals surface area contributed by atoms with Gasteiger partial charge in [-0.3, -0.25) is 0 Å². The molecule has 2 rings (SSSR count). The first-order chi connectivity index (χ1) is 10.0. The molecule has 0 amide bonds. The summed E-state index contributed by atoms with van der Waals surface area (Å²) in [5, 5.41) is 9.42. The van der Waals surface area contributed by atoms with Crippen molar-refractivity contribution in [3.8, 4) is 11.5 Å². The summed E-state index contributed by atoms with van der Waals surface area (Å²) < 4.78 is 5.70. The third-order valence-corrected chi connectivity index (χ3v) is 3.93. The highest BCUT2D eigenvalue weighted by molar-refractivity contribution is 5.41. The maximum absolute atomic E-state index is 9.42. The van der Waals surface area contributed by atoms with Gasteiger partial charge in [-0.25, -0.2) is 0 Å². The fourth-order valence-electron chi connectivity index (χ4n) is 2.35. The Morgan fingerprint density at radius 2 is 1.43 bits per heavy atom. The van der Waals surface area contributed by atoms with Crippen molar-refractivity contribution < 1.29 is 9.84 Å². The van der Waals surface area contributed by atoms with Gasteiger partial charge in [0.25, 0.3) is 0 Å². The van der Waals surface area contributed by atoms with Gasteiger partial charge in [-0.1, -0.05) is 51.5 Å². The van der Waals surface area contributed by atoms with Crippen LogP contribution in [0.2, 0.25) is 0 Å². The first kappa shape index (κ1) is 15.4. The topological polar surface area (TPSA) is 29.5 Å². The number of hydrogen-bond acceptors (Lipinski definition) is 2. The van der Waals surface area contributed by atoms with Gasteiger partial charge in [0.15, 0.2) is 0 Å². The highest BCUT2D eigenvalue weighted by atomic mass is 16.5. The van der Waals surface area contributed by atoms with Crippen LogP contribution < -0.4 is 4.74 Å². The number of phenols is 1. The predicted molar refractivity (Wildman–Crippen MR) is 87.1 cm³/mol. The monoisotopic (exact) mass is 284 g/mol. The van der Waals surface area contributed by atoms with E-state index >= 15 is 0 Å². The van der Waals surface area contributed by atoms with Crippen molar-refractivity contribution in [2.75, 3.05) is 6.61 Å². The second-order valence-corrected chi connectivity index (χ2v) is 5.90. The molecule has 2 aromatic carbocycles. The highest BCUT2D eigenvalue weighted by Gasteiger charge is 2.22. The molecule has 21 heavy (non-hydrogen) atoms. The van der Waals surface area contributed by atoms with Crippen molar-refractivity contribution in [1.29, 1.82) is 0 Å². The van der Waals surface area contributed by atoms with E-state index < -0.39 is 0 Å². The van der Waals surface area contributed by atoms with E-state index in [-0.39, 0.29) is 5.41 Å². The molecule has 0 atom stereocenters. The zero-order valence-corrected chi connectivity index (χ0v) is 13.1. The van der Waals surface area contributed by atoms with Gasteiger partial charge in [-0.05, 0) is 41.8 Å². The first-order valence-electron chi connectivity index (χ1n) is 7.57. The number of phenolic OH excluding ortho intramolecular Hbond substituents is 1. The van der Waals surface area contributed by atoms with E-state index in [2.05, 4.69) is 32.9 Å². The van der Waals surface area contributed by atoms with E-state index in [1.54, 1.807) is 12.1 Å². The van der Waals surface area contributed by atoms with Crippen molar-refractivity contribution in [2.45, 2.75) is 39.0 Å². The third kappa shape index (κ3) is 3.78. The van der Waals surface area contributed by atoms with Crippen LogP contribution in [0.1, 0.15) is 44.7 Å². The van der Waals surface area contributed by atoms with Crippen molar-refractivity contribution in [1.82, 2.24) is 0 Å². The Balaban J connectivity index is 2.14. The van der Waals surface area contributed by atoms with Crippen LogP contribution in [0.3, 0.4) is 0 Å². The van der Waals surface area contributed by atoms with Crippen LogP contribution in [0.25, 0.3) is 0 Å². The minimum atomic E-state index is -0.102. The molecule has 0 heterocycles. The van der Waals surface area contributed by atoms with Crippen LogP contribution in [0.15, 0.2) is 48.5 Å². The molecule has 0 saturated carbocycles. The lowest BCUT2D eigenvalue weighted by molar-refractivity contribution is 0.309. The fraction of sp³-hybridized carbons (Fsp3) is 0.368. The van der Waals surface area contributed by atoms with Crippen molar-refractivity contribution in [3.05, 3.63) is 59.7 Å². The van der Waals surface area contributed by atoms with E-state index in [9.17, 15) is 5.11 Å². The van der Waals surface area contributed by atoms with E-state index in [0.29, 0.717) is 5.75 Å². The lowest BCUT2D eigenvalue weighted by atomic mass is 9.78. The first-order valence-corrected chi connectivity index (χ1v) is 7.57. The van der Waals surface area contributed by atoms with Gasteiger partial charge >= 0.3 is 0 Å². The Bertz CT molecular complexity index is 553. The standard InChI is InChI=1S/C19H24O2/c1-4-5-14-21-18-12-8-16(9-13-18)19(2,3)15-6-10-17(20)11-7-15/h6-13,20H,4-5,14H2,1-3H3. The molecule has 2 aromatic rings. The Morgan fingerprint density at radius 3 is 1.95 bits per heavy atom. The maximum Gasteiger partial charge on any atom is 0.119 e. The van der Waals surface area contributed by atoms with E-state index in [4.69, 9.17) is 4.74 Å². The number of ether oxygens (including phenoxy) is 1. The zero-order valence-electron chi connectivity index (χ0n) is 13.1. The van der Waals surface area contributed by atoms with Gasteiger partial charge in [0.2, 0.25) is 0 Å². The molecule has 1 N–H and O–H groups in total. The molecule has 0 fully saturated rings. The summed E-state index contributed by atoms with van der Waals surface area (Å²) in [6.07, 6.45) is 2.23. The van der Waals surface area contributed by atoms with Crippen LogP contribution in [0.5, 0.6) is 11.5 Å². The average Bonchev–Trinajstić information content (AvgIpc) is 2.48. The van der Waals surface area contributed by atoms with Crippen molar-refractivity contribution >= 4 is 0 Å². The second kappa shape index (κ2) is 6.66. The molecule has 0 radical (unpaired) electrons. The molecule has 112 valence electrons. The Kier molecular flexibility index (Phi) is 4.89. The number of aromatic hydroxyl groups is 1. The van der Waals surface area contributed by atoms with Gasteiger partial charge in [-0.2, -0.15) is 0 Å². The average molecular weight is 284 g/mol. The minimum Gasteiger partial charge on any atom is -0.508 e. The van der Waals surface area contributed by atoms with Gasteiger partial charge in [0, 0.05) is 5.41 Å². The molecule has 0 saturated heterocycles. The Hall–Kier alpha value is -1.96. The second-order valence-electron chi connectivity index (χ2n) is 5.90. The molecular formula is C19H24O2. The third-order valence-electron chi connectivity index (χ3n) is 3.93. The number of benzene rings is 2. The van der Waals surface area contributed by atoms with E-state index in [1.165, 1.54) is 11.1 Å². The van der Waals surface area contributed by atoms with E-state index in [0.717, 1.165) is 25.2 Å². The summed E-state index contributed by atoms with van der Waals surface area (Å²) in [5.74, 6) is 1.22. The van der Waals surface area contributed by atoms with Gasteiger partial charge in [-0.15, -0.1) is 0 Å². The Morgan fingerprint density at radius 1 is 0.905 bits per heavy atom. The molecule has 0 spiro atoms. The summed E-state index contributed by atoms with van der Waals surface area (Å²) in [6, 6.07) is 15.7. The molecule has 0 aliphatic rings. The largest absolute Gasteiger partial charge is 0.508 e. The van der Waals surface area contributed by atoms with Crippen molar-refractivity contribution in [2.24, 2.45) is 0 Å². The molecule has 0 unspecified atom stereocenters. The maximum atomic E-state index is 9.42. The molecule has 0 aliphatic carbocycles. The van der Waals surface area contributed by atoms with Gasteiger partial charge in [0.05, 0.1) is 6.61 Å². The predicted octanol–water partition coefficient (Wildman–Crippen LogP) is 4.90. The highest BCUT2D eigenvalue weighted by Crippen LogP contribution is 2.33. The summed E-state index contributed by atoms with van der Waals surface area (Å²) >= 11 is 0. The number of hydrogen-bond donors (Lipinski definition) is 1. The normalized spacial score (nSPS) is 11.4. The van der Waals surface area contributed by atoms with Crippen LogP contribution in [-0.2, 0) is 5.41 Å². The lowest BCUT2D eigenvalue weighted by Gasteiger charge is -2.26. The van der Waals surface area contributed by atoms with Crippen LogP contribution in [0.4, 0.5) is 0 Å². The molecule has 2 nitrogen and oxygen atoms in total. The summed E-state index contributed by atoms with van der Waals surface area (Å²) in [4.78, 5) is 0. The van der Waals surface area contributed by atoms with Crippen LogP contribution >= 0.6 is 0 Å². The molecule has 0 aromatic heterocycles. The van der Waals surface area contributed by atoms with Crippen LogP contribution in [-0.4, -0.2) is 11.7 Å². The molecular weight excluding hydrogens is 260 g/mol. The van der Waals surface area contributed by atoms with Crippen molar-refractivity contribution in [3.63, 3.8) is 0 Å². The lowest BCUT2D eigenvalue weighted by Crippen LogP contribution is -2.18. The number of unbranched alkanes of at least 4 members (excludes halogenated alkanes) is 1. The summed E-state index contributed by atoms with van der Waals surface area (Å²) in [7, 11) is 0. The molecule has 2 heteroatoms. The van der Waals surface area contributed by atoms with Gasteiger partial charge < -0.3 is 9.84 Å². The SMILES string of the molecule is CCCCOc1ccc(C(C)(C)c2ccc(O)cc2)cc1. The van der Waals surface area contributed by atoms with Crippen LogP contribution in [0, 0.1) is 0 Å². The summed E-state index contributed by atoms with van der Waals surface area (Å²) in [6.45, 7) is 7.31. The smallest absolute Gasteiger partial charge is 0.119 e. The minimum absolute atomic E-state index is 0.102.